The SMILES string of the molecule is COc1ccc(C(C)(C)C2CCC(C)CC2Cl)c(OC)c1. The summed E-state index contributed by atoms with van der Waals surface area (Å²) < 4.78 is 10.9. The van der Waals surface area contributed by atoms with Crippen LogP contribution in [0.2, 0.25) is 0 Å². The average molecular weight is 311 g/mol. The Hall–Kier alpha value is -0.890. The number of ether oxygens (including phenoxy) is 2. The maximum absolute atomic E-state index is 6.70. The lowest BCUT2D eigenvalue weighted by Crippen LogP contribution is -2.39. The second-order valence-corrected chi connectivity index (χ2v) is 7.39. The second-order valence-electron chi connectivity index (χ2n) is 6.83. The minimum atomic E-state index is -0.00975. The summed E-state index contributed by atoms with van der Waals surface area (Å²) in [7, 11) is 3.40. The number of hydrogen-bond donors (Lipinski definition) is 0. The molecule has 3 unspecified atom stereocenters. The predicted molar refractivity (Wildman–Crippen MR) is 88.7 cm³/mol. The van der Waals surface area contributed by atoms with Crippen molar-refractivity contribution in [1.82, 2.24) is 0 Å². The Morgan fingerprint density at radius 3 is 2.43 bits per heavy atom. The Labute approximate surface area is 133 Å². The van der Waals surface area contributed by atoms with E-state index in [2.05, 4.69) is 26.8 Å². The predicted octanol–water partition coefficient (Wildman–Crippen LogP) is 5.03. The van der Waals surface area contributed by atoms with E-state index in [1.807, 2.05) is 12.1 Å². The third kappa shape index (κ3) is 3.31. The third-order valence-corrected chi connectivity index (χ3v) is 5.55. The number of benzene rings is 1. The molecule has 1 aromatic carbocycles. The van der Waals surface area contributed by atoms with Crippen molar-refractivity contribution < 1.29 is 9.47 Å². The molecule has 1 aliphatic rings. The van der Waals surface area contributed by atoms with E-state index in [1.165, 1.54) is 18.4 Å². The largest absolute Gasteiger partial charge is 0.497 e. The van der Waals surface area contributed by atoms with Crippen molar-refractivity contribution in [2.24, 2.45) is 11.8 Å². The minimum absolute atomic E-state index is 0.00975. The molecule has 0 saturated heterocycles. The molecule has 1 fully saturated rings. The van der Waals surface area contributed by atoms with Gasteiger partial charge in [0.2, 0.25) is 0 Å². The van der Waals surface area contributed by atoms with Crippen LogP contribution in [0.1, 0.15) is 45.6 Å². The first-order chi connectivity index (χ1) is 9.90. The Morgan fingerprint density at radius 1 is 1.14 bits per heavy atom. The number of alkyl halides is 1. The molecule has 0 amide bonds. The molecule has 2 nitrogen and oxygen atoms in total. The van der Waals surface area contributed by atoms with E-state index >= 15 is 0 Å². The summed E-state index contributed by atoms with van der Waals surface area (Å²) in [6, 6.07) is 6.10. The molecule has 3 heteroatoms. The van der Waals surface area contributed by atoms with Crippen LogP contribution in [0.3, 0.4) is 0 Å². The fraction of sp³-hybridized carbons (Fsp3) is 0.667. The van der Waals surface area contributed by atoms with Gasteiger partial charge in [0, 0.05) is 17.0 Å². The molecule has 0 heterocycles. The third-order valence-electron chi connectivity index (χ3n) is 5.06. The van der Waals surface area contributed by atoms with Crippen LogP contribution in [0.5, 0.6) is 11.5 Å². The number of rotatable bonds is 4. The van der Waals surface area contributed by atoms with Gasteiger partial charge in [0.05, 0.1) is 14.2 Å². The van der Waals surface area contributed by atoms with Crippen molar-refractivity contribution in [2.75, 3.05) is 14.2 Å². The summed E-state index contributed by atoms with van der Waals surface area (Å²) in [4.78, 5) is 0. The van der Waals surface area contributed by atoms with Crippen molar-refractivity contribution >= 4 is 11.6 Å². The maximum Gasteiger partial charge on any atom is 0.126 e. The van der Waals surface area contributed by atoms with Crippen molar-refractivity contribution in [3.05, 3.63) is 23.8 Å². The molecule has 0 spiro atoms. The van der Waals surface area contributed by atoms with Crippen LogP contribution in [-0.4, -0.2) is 19.6 Å². The van der Waals surface area contributed by atoms with Crippen LogP contribution in [0.15, 0.2) is 18.2 Å². The molecule has 21 heavy (non-hydrogen) atoms. The van der Waals surface area contributed by atoms with Crippen LogP contribution < -0.4 is 9.47 Å². The highest BCUT2D eigenvalue weighted by atomic mass is 35.5. The minimum Gasteiger partial charge on any atom is -0.497 e. The summed E-state index contributed by atoms with van der Waals surface area (Å²) in [5, 5.41) is 0.232. The van der Waals surface area contributed by atoms with Gasteiger partial charge in [-0.3, -0.25) is 0 Å². The summed E-state index contributed by atoms with van der Waals surface area (Å²) in [5.74, 6) is 2.92. The Balaban J connectivity index is 2.34. The molecular weight excluding hydrogens is 284 g/mol. The van der Waals surface area contributed by atoms with Crippen molar-refractivity contribution in [3.8, 4) is 11.5 Å². The molecule has 0 aromatic heterocycles. The zero-order valence-electron chi connectivity index (χ0n) is 13.8. The standard InChI is InChI=1S/C18H27ClO2/c1-12-6-8-14(16(19)10-12)18(2,3)15-9-7-13(20-4)11-17(15)21-5/h7,9,11-12,14,16H,6,8,10H2,1-5H3. The first kappa shape index (κ1) is 16.5. The van der Waals surface area contributed by atoms with Gasteiger partial charge in [-0.25, -0.2) is 0 Å². The van der Waals surface area contributed by atoms with E-state index in [1.54, 1.807) is 14.2 Å². The van der Waals surface area contributed by atoms with E-state index in [4.69, 9.17) is 21.1 Å². The van der Waals surface area contributed by atoms with Crippen molar-refractivity contribution in [3.63, 3.8) is 0 Å². The van der Waals surface area contributed by atoms with Gasteiger partial charge in [0.25, 0.3) is 0 Å². The Morgan fingerprint density at radius 2 is 1.86 bits per heavy atom. The smallest absolute Gasteiger partial charge is 0.126 e. The number of halogens is 1. The number of methoxy groups -OCH3 is 2. The first-order valence-corrected chi connectivity index (χ1v) is 8.20. The van der Waals surface area contributed by atoms with Crippen LogP contribution in [-0.2, 0) is 5.41 Å². The van der Waals surface area contributed by atoms with Gasteiger partial charge in [-0.15, -0.1) is 11.6 Å². The van der Waals surface area contributed by atoms with Gasteiger partial charge < -0.3 is 9.47 Å². The molecule has 118 valence electrons. The van der Waals surface area contributed by atoms with E-state index < -0.39 is 0 Å². The fourth-order valence-corrected chi connectivity index (χ4v) is 4.40. The first-order valence-electron chi connectivity index (χ1n) is 7.76. The van der Waals surface area contributed by atoms with E-state index in [0.29, 0.717) is 5.92 Å². The molecule has 3 atom stereocenters. The van der Waals surface area contributed by atoms with Crippen LogP contribution in [0.4, 0.5) is 0 Å². The normalized spacial score (nSPS) is 26.5. The maximum atomic E-state index is 6.70. The Kier molecular flexibility index (Phi) is 5.08. The van der Waals surface area contributed by atoms with Gasteiger partial charge >= 0.3 is 0 Å². The summed E-state index contributed by atoms with van der Waals surface area (Å²) in [6.45, 7) is 6.87. The van der Waals surface area contributed by atoms with Crippen molar-refractivity contribution in [1.29, 1.82) is 0 Å². The summed E-state index contributed by atoms with van der Waals surface area (Å²) >= 11 is 6.70. The quantitative estimate of drug-likeness (QED) is 0.727. The van der Waals surface area contributed by atoms with Crippen LogP contribution in [0.25, 0.3) is 0 Å². The zero-order chi connectivity index (χ0) is 15.6. The molecule has 1 saturated carbocycles. The van der Waals surface area contributed by atoms with Crippen molar-refractivity contribution in [2.45, 2.75) is 50.8 Å². The lowest BCUT2D eigenvalue weighted by atomic mass is 9.65. The zero-order valence-corrected chi connectivity index (χ0v) is 14.5. The van der Waals surface area contributed by atoms with Crippen LogP contribution in [0, 0.1) is 11.8 Å². The molecule has 0 N–H and O–H groups in total. The average Bonchev–Trinajstić information content (AvgIpc) is 2.46. The second kappa shape index (κ2) is 6.48. The highest BCUT2D eigenvalue weighted by molar-refractivity contribution is 6.20. The molecule has 0 radical (unpaired) electrons. The Bertz CT molecular complexity index is 484. The van der Waals surface area contributed by atoms with Gasteiger partial charge in [0.1, 0.15) is 11.5 Å². The molecular formula is C18H27ClO2. The van der Waals surface area contributed by atoms with E-state index in [0.717, 1.165) is 23.8 Å². The summed E-state index contributed by atoms with van der Waals surface area (Å²) in [6.07, 6.45) is 3.54. The van der Waals surface area contributed by atoms with Gasteiger partial charge in [-0.05, 0) is 36.2 Å². The monoisotopic (exact) mass is 310 g/mol. The summed E-state index contributed by atoms with van der Waals surface area (Å²) in [5.41, 5.74) is 1.21. The topological polar surface area (TPSA) is 18.5 Å². The lowest BCUT2D eigenvalue weighted by molar-refractivity contribution is 0.203. The van der Waals surface area contributed by atoms with E-state index in [9.17, 15) is 0 Å². The van der Waals surface area contributed by atoms with Gasteiger partial charge in [-0.1, -0.05) is 33.3 Å². The molecule has 0 bridgehead atoms. The highest BCUT2D eigenvalue weighted by Crippen LogP contribution is 2.47. The highest BCUT2D eigenvalue weighted by Gasteiger charge is 2.40. The number of hydrogen-bond acceptors (Lipinski definition) is 2. The molecule has 1 aliphatic carbocycles. The van der Waals surface area contributed by atoms with Crippen LogP contribution >= 0.6 is 11.6 Å². The molecule has 0 aliphatic heterocycles. The van der Waals surface area contributed by atoms with Gasteiger partial charge in [0.15, 0.2) is 0 Å². The fourth-order valence-electron chi connectivity index (χ4n) is 3.65. The lowest BCUT2D eigenvalue weighted by Gasteiger charge is -2.42. The molecule has 1 aromatic rings. The molecule has 2 rings (SSSR count). The van der Waals surface area contributed by atoms with E-state index in [-0.39, 0.29) is 10.8 Å². The van der Waals surface area contributed by atoms with Gasteiger partial charge in [-0.2, -0.15) is 0 Å².